The molecule has 0 fully saturated rings. The highest BCUT2D eigenvalue weighted by atomic mass is 35.5. The Morgan fingerprint density at radius 2 is 1.74 bits per heavy atom. The van der Waals surface area contributed by atoms with E-state index < -0.39 is 0 Å². The van der Waals surface area contributed by atoms with E-state index in [1.165, 1.54) is 5.56 Å². The van der Waals surface area contributed by atoms with Crippen LogP contribution in [0, 0.1) is 0 Å². The lowest BCUT2D eigenvalue weighted by Gasteiger charge is -2.16. The van der Waals surface area contributed by atoms with E-state index in [-0.39, 0.29) is 0 Å². The maximum Gasteiger partial charge on any atom is 0.139 e. The zero-order chi connectivity index (χ0) is 13.7. The molecule has 0 radical (unpaired) electrons. The molecule has 0 atom stereocenters. The maximum atomic E-state index is 5.87. The third-order valence-corrected chi connectivity index (χ3v) is 3.04. The molecular weight excluding hydrogens is 260 g/mol. The molecule has 0 bridgehead atoms. The van der Waals surface area contributed by atoms with Crippen LogP contribution in [0.15, 0.2) is 42.6 Å². The second-order valence-electron chi connectivity index (χ2n) is 4.49. The van der Waals surface area contributed by atoms with Gasteiger partial charge in [-0.3, -0.25) is 4.90 Å². The molecule has 1 heterocycles. The molecule has 0 aliphatic rings. The molecule has 0 aliphatic heterocycles. The zero-order valence-corrected chi connectivity index (χ0v) is 11.6. The first-order chi connectivity index (χ1) is 9.17. The van der Waals surface area contributed by atoms with Crippen LogP contribution in [0.1, 0.15) is 11.1 Å². The number of anilines is 1. The number of nitrogens with two attached hydrogens (primary N) is 1. The van der Waals surface area contributed by atoms with Gasteiger partial charge in [0.2, 0.25) is 0 Å². The normalized spacial score (nSPS) is 10.7. The average Bonchev–Trinajstić information content (AvgIpc) is 2.42. The van der Waals surface area contributed by atoms with Gasteiger partial charge >= 0.3 is 0 Å². The molecule has 19 heavy (non-hydrogen) atoms. The van der Waals surface area contributed by atoms with Crippen molar-refractivity contribution < 1.29 is 0 Å². The second kappa shape index (κ2) is 6.52. The van der Waals surface area contributed by atoms with Gasteiger partial charge in [0.25, 0.3) is 0 Å². The summed E-state index contributed by atoms with van der Waals surface area (Å²) in [6.45, 7) is 1.70. The summed E-state index contributed by atoms with van der Waals surface area (Å²) in [6.07, 6.45) is 1.83. The summed E-state index contributed by atoms with van der Waals surface area (Å²) in [4.78, 5) is 6.41. The van der Waals surface area contributed by atoms with Crippen LogP contribution in [0.4, 0.5) is 5.82 Å². The van der Waals surface area contributed by atoms with Crippen LogP contribution in [0.25, 0.3) is 0 Å². The molecule has 0 aliphatic carbocycles. The van der Waals surface area contributed by atoms with Crippen LogP contribution < -0.4 is 11.3 Å². The van der Waals surface area contributed by atoms with Gasteiger partial charge in [-0.15, -0.1) is 0 Å². The molecule has 0 unspecified atom stereocenters. The minimum Gasteiger partial charge on any atom is -0.308 e. The first kappa shape index (κ1) is 13.8. The number of nitrogens with one attached hydrogen (secondary N) is 1. The highest BCUT2D eigenvalue weighted by molar-refractivity contribution is 6.30. The second-order valence-corrected chi connectivity index (χ2v) is 4.93. The Balaban J connectivity index is 1.92. The van der Waals surface area contributed by atoms with E-state index in [4.69, 9.17) is 17.4 Å². The Hall–Kier alpha value is -1.62. The lowest BCUT2D eigenvalue weighted by atomic mass is 10.2. The Bertz CT molecular complexity index is 510. The number of hydrazine groups is 1. The lowest BCUT2D eigenvalue weighted by Crippen LogP contribution is -2.17. The number of benzene rings is 1. The number of hydrogen-bond donors (Lipinski definition) is 2. The van der Waals surface area contributed by atoms with Gasteiger partial charge in [-0.05, 0) is 36.4 Å². The molecule has 2 aromatic rings. The SMILES string of the molecule is CN(Cc1ccc(Cl)cc1)Cc1ccc(NN)nc1. The van der Waals surface area contributed by atoms with E-state index in [0.29, 0.717) is 5.82 Å². The van der Waals surface area contributed by atoms with Gasteiger partial charge in [0.05, 0.1) is 0 Å². The van der Waals surface area contributed by atoms with E-state index in [0.717, 1.165) is 23.7 Å². The van der Waals surface area contributed by atoms with E-state index >= 15 is 0 Å². The van der Waals surface area contributed by atoms with Crippen LogP contribution in [-0.2, 0) is 13.1 Å². The summed E-state index contributed by atoms with van der Waals surface area (Å²) < 4.78 is 0. The molecule has 4 nitrogen and oxygen atoms in total. The number of pyridine rings is 1. The summed E-state index contributed by atoms with van der Waals surface area (Å²) in [5, 5.41) is 0.764. The minimum absolute atomic E-state index is 0.670. The highest BCUT2D eigenvalue weighted by Gasteiger charge is 2.02. The van der Waals surface area contributed by atoms with Gasteiger partial charge < -0.3 is 5.43 Å². The number of nitrogen functional groups attached to an aromatic ring is 1. The molecule has 2 rings (SSSR count). The first-order valence-electron chi connectivity index (χ1n) is 6.02. The lowest BCUT2D eigenvalue weighted by molar-refractivity contribution is 0.319. The number of rotatable bonds is 5. The summed E-state index contributed by atoms with van der Waals surface area (Å²) in [6, 6.07) is 11.8. The Kier molecular flexibility index (Phi) is 4.74. The maximum absolute atomic E-state index is 5.87. The summed E-state index contributed by atoms with van der Waals surface area (Å²) in [5.74, 6) is 5.95. The fourth-order valence-electron chi connectivity index (χ4n) is 1.87. The molecule has 5 heteroatoms. The standard InChI is InChI=1S/C14H17ClN4/c1-19(9-11-2-5-13(15)6-3-11)10-12-4-7-14(18-16)17-8-12/h2-8H,9-10,16H2,1H3,(H,17,18). The largest absolute Gasteiger partial charge is 0.308 e. The van der Waals surface area contributed by atoms with E-state index in [1.807, 2.05) is 42.6 Å². The Morgan fingerprint density at radius 1 is 1.11 bits per heavy atom. The van der Waals surface area contributed by atoms with Crippen LogP contribution >= 0.6 is 11.6 Å². The smallest absolute Gasteiger partial charge is 0.139 e. The van der Waals surface area contributed by atoms with Crippen molar-refractivity contribution in [2.75, 3.05) is 12.5 Å². The molecule has 3 N–H and O–H groups in total. The topological polar surface area (TPSA) is 54.2 Å². The minimum atomic E-state index is 0.670. The zero-order valence-electron chi connectivity index (χ0n) is 10.8. The molecule has 0 amide bonds. The van der Waals surface area contributed by atoms with Gasteiger partial charge in [-0.2, -0.15) is 0 Å². The van der Waals surface area contributed by atoms with Gasteiger partial charge in [-0.25, -0.2) is 10.8 Å². The van der Waals surface area contributed by atoms with Crippen LogP contribution in [0.2, 0.25) is 5.02 Å². The Labute approximate surface area is 118 Å². The van der Waals surface area contributed by atoms with Gasteiger partial charge in [0, 0.05) is 24.3 Å². The van der Waals surface area contributed by atoms with Gasteiger partial charge in [0.15, 0.2) is 0 Å². The first-order valence-corrected chi connectivity index (χ1v) is 6.39. The predicted octanol–water partition coefficient (Wildman–Crippen LogP) is 2.65. The number of nitrogens with zero attached hydrogens (tertiary/aromatic N) is 2. The van der Waals surface area contributed by atoms with Gasteiger partial charge in [0.1, 0.15) is 5.82 Å². The quantitative estimate of drug-likeness (QED) is 0.651. The van der Waals surface area contributed by atoms with E-state index in [2.05, 4.69) is 22.4 Å². The number of halogens is 1. The Morgan fingerprint density at radius 3 is 2.32 bits per heavy atom. The molecular formula is C14H17ClN4. The third kappa shape index (κ3) is 4.21. The predicted molar refractivity (Wildman–Crippen MR) is 78.7 cm³/mol. The highest BCUT2D eigenvalue weighted by Crippen LogP contribution is 2.12. The summed E-state index contributed by atoms with van der Waals surface area (Å²) in [5.41, 5.74) is 4.90. The van der Waals surface area contributed by atoms with Crippen molar-refractivity contribution in [3.63, 3.8) is 0 Å². The van der Waals surface area contributed by atoms with Crippen molar-refractivity contribution in [1.29, 1.82) is 0 Å². The number of hydrogen-bond acceptors (Lipinski definition) is 4. The van der Waals surface area contributed by atoms with Crippen molar-refractivity contribution in [3.8, 4) is 0 Å². The molecule has 0 saturated carbocycles. The fraction of sp³-hybridized carbons (Fsp3) is 0.214. The molecule has 1 aromatic carbocycles. The molecule has 0 saturated heterocycles. The summed E-state index contributed by atoms with van der Waals surface area (Å²) in [7, 11) is 2.07. The number of aromatic nitrogens is 1. The summed E-state index contributed by atoms with van der Waals surface area (Å²) >= 11 is 5.87. The van der Waals surface area contributed by atoms with Crippen molar-refractivity contribution >= 4 is 17.4 Å². The average molecular weight is 277 g/mol. The van der Waals surface area contributed by atoms with Crippen molar-refractivity contribution in [1.82, 2.24) is 9.88 Å². The fourth-order valence-corrected chi connectivity index (χ4v) is 2.00. The molecule has 0 spiro atoms. The van der Waals surface area contributed by atoms with Crippen molar-refractivity contribution in [2.45, 2.75) is 13.1 Å². The van der Waals surface area contributed by atoms with E-state index in [9.17, 15) is 0 Å². The molecule has 100 valence electrons. The van der Waals surface area contributed by atoms with Crippen molar-refractivity contribution in [2.24, 2.45) is 5.84 Å². The van der Waals surface area contributed by atoms with Gasteiger partial charge in [-0.1, -0.05) is 29.8 Å². The van der Waals surface area contributed by atoms with Crippen LogP contribution in [-0.4, -0.2) is 16.9 Å². The van der Waals surface area contributed by atoms with Crippen molar-refractivity contribution in [3.05, 3.63) is 58.7 Å². The molecule has 1 aromatic heterocycles. The van der Waals surface area contributed by atoms with E-state index in [1.54, 1.807) is 0 Å². The van der Waals surface area contributed by atoms with Crippen LogP contribution in [0.5, 0.6) is 0 Å². The monoisotopic (exact) mass is 276 g/mol. The van der Waals surface area contributed by atoms with Crippen LogP contribution in [0.3, 0.4) is 0 Å². The third-order valence-electron chi connectivity index (χ3n) is 2.79.